The fraction of sp³-hybridized carbons (Fsp3) is 0.414. The van der Waals surface area contributed by atoms with Gasteiger partial charge in [0, 0.05) is 29.6 Å². The van der Waals surface area contributed by atoms with E-state index in [4.69, 9.17) is 4.74 Å². The number of carbonyl (C=O) groups is 1. The Hall–Kier alpha value is -3.28. The minimum absolute atomic E-state index is 0.0240. The highest BCUT2D eigenvalue weighted by Crippen LogP contribution is 2.32. The predicted molar refractivity (Wildman–Crippen MR) is 144 cm³/mol. The first-order chi connectivity index (χ1) is 17.8. The van der Waals surface area contributed by atoms with Crippen LogP contribution in [0.15, 0.2) is 53.4 Å². The molecule has 0 bridgehead atoms. The first kappa shape index (κ1) is 26.8. The Kier molecular flexibility index (Phi) is 8.57. The molecule has 4 rings (SSSR count). The van der Waals surface area contributed by atoms with Crippen LogP contribution in [0.2, 0.25) is 0 Å². The molecule has 7 nitrogen and oxygen atoms in total. The molecule has 2 N–H and O–H groups in total. The van der Waals surface area contributed by atoms with Crippen LogP contribution in [0.25, 0.3) is 10.9 Å². The summed E-state index contributed by atoms with van der Waals surface area (Å²) in [4.78, 5) is 12.2. The van der Waals surface area contributed by atoms with Gasteiger partial charge in [0.1, 0.15) is 18.4 Å². The third-order valence-electron chi connectivity index (χ3n) is 7.15. The highest BCUT2D eigenvalue weighted by atomic mass is 32.2. The van der Waals surface area contributed by atoms with Crippen LogP contribution in [0.3, 0.4) is 0 Å². The van der Waals surface area contributed by atoms with Crippen LogP contribution in [0, 0.1) is 24.7 Å². The van der Waals surface area contributed by atoms with E-state index in [1.807, 2.05) is 25.1 Å². The lowest BCUT2D eigenvalue weighted by molar-refractivity contribution is -0.138. The molecule has 0 radical (unpaired) electrons. The predicted octanol–water partition coefficient (Wildman–Crippen LogP) is 4.91. The summed E-state index contributed by atoms with van der Waals surface area (Å²) in [6, 6.07) is 12.5. The third-order valence-corrected chi connectivity index (χ3v) is 8.64. The number of aromatic nitrogens is 1. The molecule has 0 spiro atoms. The van der Waals surface area contributed by atoms with Gasteiger partial charge in [-0.15, -0.1) is 5.92 Å². The molecule has 1 heterocycles. The van der Waals surface area contributed by atoms with Gasteiger partial charge in [0.2, 0.25) is 10.0 Å². The molecule has 1 fully saturated rings. The summed E-state index contributed by atoms with van der Waals surface area (Å²) in [6.45, 7) is 4.82. The Morgan fingerprint density at radius 3 is 2.51 bits per heavy atom. The monoisotopic (exact) mass is 522 g/mol. The van der Waals surface area contributed by atoms with E-state index in [9.17, 15) is 18.3 Å². The summed E-state index contributed by atoms with van der Waals surface area (Å²) < 4.78 is 36.3. The number of nitrogens with one attached hydrogen (secondary N) is 1. The van der Waals surface area contributed by atoms with Crippen molar-refractivity contribution in [2.75, 3.05) is 6.61 Å². The Bertz CT molecular complexity index is 1410. The first-order valence-corrected chi connectivity index (χ1v) is 14.2. The van der Waals surface area contributed by atoms with Crippen molar-refractivity contribution >= 4 is 26.9 Å². The van der Waals surface area contributed by atoms with E-state index < -0.39 is 22.0 Å². The van der Waals surface area contributed by atoms with Crippen LogP contribution in [-0.2, 0) is 27.8 Å². The number of fused-ring (bicyclic) bond motifs is 1. The second-order valence-corrected chi connectivity index (χ2v) is 11.3. The molecule has 1 saturated carbocycles. The molecule has 3 aromatic rings. The summed E-state index contributed by atoms with van der Waals surface area (Å²) in [5, 5.41) is 10.9. The van der Waals surface area contributed by atoms with Crippen molar-refractivity contribution in [3.8, 4) is 17.6 Å². The maximum Gasteiger partial charge on any atom is 0.322 e. The van der Waals surface area contributed by atoms with Crippen LogP contribution in [0.1, 0.15) is 50.3 Å². The van der Waals surface area contributed by atoms with E-state index in [-0.39, 0.29) is 17.9 Å². The number of carboxylic acids is 1. The molecule has 37 heavy (non-hydrogen) atoms. The Morgan fingerprint density at radius 2 is 1.84 bits per heavy atom. The molecule has 1 atom stereocenters. The van der Waals surface area contributed by atoms with Crippen molar-refractivity contribution in [2.45, 2.75) is 69.9 Å². The fourth-order valence-corrected chi connectivity index (χ4v) is 6.36. The van der Waals surface area contributed by atoms with Crippen LogP contribution in [0.5, 0.6) is 5.75 Å². The summed E-state index contributed by atoms with van der Waals surface area (Å²) in [5.41, 5.74) is 2.92. The minimum Gasteiger partial charge on any atom is -0.481 e. The van der Waals surface area contributed by atoms with E-state index in [2.05, 4.69) is 27.2 Å². The van der Waals surface area contributed by atoms with Gasteiger partial charge < -0.3 is 14.4 Å². The van der Waals surface area contributed by atoms with Crippen LogP contribution >= 0.6 is 0 Å². The number of rotatable bonds is 10. The number of carboxylic acid groups (broad SMARTS) is 1. The zero-order chi connectivity index (χ0) is 26.4. The summed E-state index contributed by atoms with van der Waals surface area (Å²) in [6.07, 6.45) is 6.24. The van der Waals surface area contributed by atoms with E-state index in [0.717, 1.165) is 28.7 Å². The number of benzene rings is 2. The quantitative estimate of drug-likeness (QED) is 0.369. The smallest absolute Gasteiger partial charge is 0.322 e. The topological polar surface area (TPSA) is 97.6 Å². The second kappa shape index (κ2) is 11.8. The lowest BCUT2D eigenvalue weighted by Gasteiger charge is -2.23. The molecule has 1 aliphatic rings. The molecule has 2 aromatic carbocycles. The van der Waals surface area contributed by atoms with Crippen LogP contribution in [-0.4, -0.2) is 36.7 Å². The van der Waals surface area contributed by atoms with Gasteiger partial charge in [-0.1, -0.05) is 43.4 Å². The average molecular weight is 523 g/mol. The van der Waals surface area contributed by atoms with Gasteiger partial charge in [-0.25, -0.2) is 8.42 Å². The van der Waals surface area contributed by atoms with Gasteiger partial charge in [0.05, 0.1) is 4.90 Å². The molecule has 1 unspecified atom stereocenters. The zero-order valence-corrected chi connectivity index (χ0v) is 22.2. The molecular formula is C29H34N2O5S. The number of para-hydroxylation sites is 1. The lowest BCUT2D eigenvalue weighted by atomic mass is 9.89. The van der Waals surface area contributed by atoms with Gasteiger partial charge in [0.15, 0.2) is 0 Å². The third kappa shape index (κ3) is 6.35. The van der Waals surface area contributed by atoms with E-state index in [1.165, 1.54) is 56.4 Å². The largest absolute Gasteiger partial charge is 0.481 e. The minimum atomic E-state index is -4.07. The molecule has 1 aromatic heterocycles. The Morgan fingerprint density at radius 1 is 1.14 bits per heavy atom. The first-order valence-electron chi connectivity index (χ1n) is 12.7. The lowest BCUT2D eigenvalue weighted by Crippen LogP contribution is -2.42. The van der Waals surface area contributed by atoms with Gasteiger partial charge in [-0.05, 0) is 68.5 Å². The average Bonchev–Trinajstić information content (AvgIpc) is 3.15. The van der Waals surface area contributed by atoms with Crippen molar-refractivity contribution in [3.05, 3.63) is 59.8 Å². The van der Waals surface area contributed by atoms with E-state index in [1.54, 1.807) is 6.92 Å². The van der Waals surface area contributed by atoms with Gasteiger partial charge in [-0.3, -0.25) is 4.79 Å². The molecule has 1 aliphatic carbocycles. The van der Waals surface area contributed by atoms with Crippen molar-refractivity contribution in [1.29, 1.82) is 0 Å². The van der Waals surface area contributed by atoms with Gasteiger partial charge >= 0.3 is 5.97 Å². The fourth-order valence-electron chi connectivity index (χ4n) is 5.17. The van der Waals surface area contributed by atoms with Crippen molar-refractivity contribution in [2.24, 2.45) is 5.92 Å². The summed E-state index contributed by atoms with van der Waals surface area (Å²) in [5.74, 6) is 5.37. The highest BCUT2D eigenvalue weighted by Gasteiger charge is 2.28. The maximum atomic E-state index is 13.1. The van der Waals surface area contributed by atoms with Gasteiger partial charge in [0.25, 0.3) is 0 Å². The number of sulfonamides is 1. The molecule has 0 saturated heterocycles. The van der Waals surface area contributed by atoms with Crippen molar-refractivity contribution < 1.29 is 23.1 Å². The van der Waals surface area contributed by atoms with Crippen LogP contribution in [0.4, 0.5) is 0 Å². The van der Waals surface area contributed by atoms with E-state index in [0.29, 0.717) is 11.7 Å². The van der Waals surface area contributed by atoms with Crippen LogP contribution < -0.4 is 9.46 Å². The number of ether oxygens (including phenoxy) is 1. The molecule has 0 aliphatic heterocycles. The molecule has 0 amide bonds. The van der Waals surface area contributed by atoms with Crippen molar-refractivity contribution in [1.82, 2.24) is 9.29 Å². The summed E-state index contributed by atoms with van der Waals surface area (Å²) in [7, 11) is -4.07. The number of hydrogen-bond donors (Lipinski definition) is 2. The SMILES string of the molecule is CC#CCOc1ccc(S(=O)(=O)NC(Cc2c(C)n(CC3CCCCC3)c3ccccc23)C(=O)O)cc1. The number of nitrogens with zero attached hydrogens (tertiary/aromatic N) is 1. The number of aliphatic carboxylic acids is 1. The highest BCUT2D eigenvalue weighted by molar-refractivity contribution is 7.89. The molecule has 8 heteroatoms. The Labute approximate surface area is 218 Å². The standard InChI is InChI=1S/C29H34N2O5S/c1-3-4-18-36-23-14-16-24(17-15-23)37(34,35)30-27(29(32)33)19-26-21(2)31(20-22-10-6-5-7-11-22)28-13-9-8-12-25(26)28/h8-9,12-17,22,27,30H,5-7,10-11,18-20H2,1-2H3,(H,32,33). The van der Waals surface area contributed by atoms with Crippen molar-refractivity contribution in [3.63, 3.8) is 0 Å². The Balaban J connectivity index is 1.57. The van der Waals surface area contributed by atoms with E-state index >= 15 is 0 Å². The normalized spacial score (nSPS) is 15.2. The molecular weight excluding hydrogens is 488 g/mol. The second-order valence-electron chi connectivity index (χ2n) is 9.60. The molecule has 196 valence electrons. The zero-order valence-electron chi connectivity index (χ0n) is 21.4. The summed E-state index contributed by atoms with van der Waals surface area (Å²) >= 11 is 0. The van der Waals surface area contributed by atoms with Gasteiger partial charge in [-0.2, -0.15) is 4.72 Å². The maximum absolute atomic E-state index is 13.1. The number of hydrogen-bond acceptors (Lipinski definition) is 4.